The standard InChI is InChI=1S/C18H17N3OS/c22-18(17-10-19-12-23-17)21-8-6-13(11-21)9-14-3-1-5-16-15(14)4-2-7-20-16/h1-5,7,10,12-13H,6,8-9,11H2/t13-/m1/s1. The smallest absolute Gasteiger partial charge is 0.265 e. The Morgan fingerprint density at radius 2 is 2.26 bits per heavy atom. The number of hydrogen-bond donors (Lipinski definition) is 0. The Labute approximate surface area is 138 Å². The van der Waals surface area contributed by atoms with Crippen molar-refractivity contribution in [3.63, 3.8) is 0 Å². The number of carbonyl (C=O) groups is 1. The molecule has 0 bridgehead atoms. The molecule has 116 valence electrons. The van der Waals surface area contributed by atoms with Crippen LogP contribution < -0.4 is 0 Å². The first-order valence-corrected chi connectivity index (χ1v) is 8.69. The van der Waals surface area contributed by atoms with E-state index in [1.54, 1.807) is 11.7 Å². The number of hydrogen-bond acceptors (Lipinski definition) is 4. The number of likely N-dealkylation sites (tertiary alicyclic amines) is 1. The third-order valence-electron chi connectivity index (χ3n) is 4.46. The number of pyridine rings is 1. The van der Waals surface area contributed by atoms with Gasteiger partial charge in [0.1, 0.15) is 4.88 Å². The summed E-state index contributed by atoms with van der Waals surface area (Å²) < 4.78 is 0. The molecule has 1 aliphatic rings. The summed E-state index contributed by atoms with van der Waals surface area (Å²) in [5, 5.41) is 1.22. The van der Waals surface area contributed by atoms with Crippen molar-refractivity contribution in [1.29, 1.82) is 0 Å². The molecule has 0 unspecified atom stereocenters. The highest BCUT2D eigenvalue weighted by Crippen LogP contribution is 2.26. The average molecular weight is 323 g/mol. The maximum atomic E-state index is 12.4. The molecular weight excluding hydrogens is 306 g/mol. The Balaban J connectivity index is 1.49. The molecule has 3 aromatic rings. The van der Waals surface area contributed by atoms with Gasteiger partial charge < -0.3 is 4.90 Å². The fourth-order valence-corrected chi connectivity index (χ4v) is 3.90. The predicted octanol–water partition coefficient (Wildman–Crippen LogP) is 3.40. The fraction of sp³-hybridized carbons (Fsp3) is 0.278. The summed E-state index contributed by atoms with van der Waals surface area (Å²) >= 11 is 1.41. The molecule has 1 aromatic carbocycles. The molecule has 3 heterocycles. The lowest BCUT2D eigenvalue weighted by molar-refractivity contribution is 0.0791. The molecule has 1 aliphatic heterocycles. The summed E-state index contributed by atoms with van der Waals surface area (Å²) in [4.78, 5) is 23.5. The van der Waals surface area contributed by atoms with Crippen LogP contribution >= 0.6 is 11.3 Å². The van der Waals surface area contributed by atoms with E-state index in [0.29, 0.717) is 5.92 Å². The normalized spacial score (nSPS) is 17.7. The van der Waals surface area contributed by atoms with Crippen LogP contribution in [0, 0.1) is 5.92 Å². The number of fused-ring (bicyclic) bond motifs is 1. The van der Waals surface area contributed by atoms with E-state index in [-0.39, 0.29) is 5.91 Å². The van der Waals surface area contributed by atoms with Gasteiger partial charge in [-0.1, -0.05) is 18.2 Å². The first-order chi connectivity index (χ1) is 11.3. The Kier molecular flexibility index (Phi) is 3.79. The highest BCUT2D eigenvalue weighted by Gasteiger charge is 2.28. The zero-order valence-corrected chi connectivity index (χ0v) is 13.5. The zero-order valence-electron chi connectivity index (χ0n) is 12.7. The molecule has 23 heavy (non-hydrogen) atoms. The summed E-state index contributed by atoms with van der Waals surface area (Å²) in [6.45, 7) is 1.66. The van der Waals surface area contributed by atoms with Crippen LogP contribution in [0.15, 0.2) is 48.2 Å². The maximum Gasteiger partial charge on any atom is 0.265 e. The summed E-state index contributed by atoms with van der Waals surface area (Å²) in [7, 11) is 0. The Morgan fingerprint density at radius 1 is 1.30 bits per heavy atom. The van der Waals surface area contributed by atoms with Gasteiger partial charge in [-0.15, -0.1) is 11.3 Å². The van der Waals surface area contributed by atoms with Gasteiger partial charge in [-0.25, -0.2) is 0 Å². The zero-order chi connectivity index (χ0) is 15.6. The van der Waals surface area contributed by atoms with Crippen LogP contribution in [0.4, 0.5) is 0 Å². The molecule has 1 saturated heterocycles. The largest absolute Gasteiger partial charge is 0.338 e. The first-order valence-electron chi connectivity index (χ1n) is 7.81. The van der Waals surface area contributed by atoms with E-state index in [9.17, 15) is 4.79 Å². The molecule has 0 N–H and O–H groups in total. The average Bonchev–Trinajstić information content (AvgIpc) is 3.27. The lowest BCUT2D eigenvalue weighted by atomic mass is 9.96. The molecule has 0 saturated carbocycles. The number of carbonyl (C=O) groups excluding carboxylic acids is 1. The van der Waals surface area contributed by atoms with Crippen LogP contribution in [0.3, 0.4) is 0 Å². The molecule has 0 aliphatic carbocycles. The number of benzene rings is 1. The lowest BCUT2D eigenvalue weighted by Gasteiger charge is -2.16. The van der Waals surface area contributed by atoms with Crippen LogP contribution in [0.25, 0.3) is 10.9 Å². The predicted molar refractivity (Wildman–Crippen MR) is 91.6 cm³/mol. The molecule has 4 rings (SSSR count). The second-order valence-corrected chi connectivity index (χ2v) is 6.85. The van der Waals surface area contributed by atoms with E-state index in [4.69, 9.17) is 0 Å². The van der Waals surface area contributed by atoms with Crippen molar-refractivity contribution in [1.82, 2.24) is 14.9 Å². The first kappa shape index (κ1) is 14.3. The Hall–Kier alpha value is -2.27. The molecule has 0 spiro atoms. The number of rotatable bonds is 3. The minimum Gasteiger partial charge on any atom is -0.338 e. The van der Waals surface area contributed by atoms with Crippen molar-refractivity contribution in [2.45, 2.75) is 12.8 Å². The van der Waals surface area contributed by atoms with Crippen molar-refractivity contribution >= 4 is 28.1 Å². The van der Waals surface area contributed by atoms with Crippen molar-refractivity contribution in [2.24, 2.45) is 5.92 Å². The monoisotopic (exact) mass is 323 g/mol. The molecular formula is C18H17N3OS. The number of aromatic nitrogens is 2. The maximum absolute atomic E-state index is 12.4. The fourth-order valence-electron chi connectivity index (χ4n) is 3.32. The van der Waals surface area contributed by atoms with Gasteiger partial charge in [0, 0.05) is 24.7 Å². The van der Waals surface area contributed by atoms with Gasteiger partial charge >= 0.3 is 0 Å². The summed E-state index contributed by atoms with van der Waals surface area (Å²) in [6.07, 6.45) is 5.55. The molecule has 1 fully saturated rings. The molecule has 1 atom stereocenters. The van der Waals surface area contributed by atoms with Gasteiger partial charge in [0.2, 0.25) is 0 Å². The van der Waals surface area contributed by atoms with Crippen LogP contribution in [-0.4, -0.2) is 33.9 Å². The molecule has 5 heteroatoms. The van der Waals surface area contributed by atoms with Crippen molar-refractivity contribution in [3.8, 4) is 0 Å². The highest BCUT2D eigenvalue weighted by molar-refractivity contribution is 7.11. The Morgan fingerprint density at radius 3 is 3.13 bits per heavy atom. The topological polar surface area (TPSA) is 46.1 Å². The third kappa shape index (κ3) is 2.84. The van der Waals surface area contributed by atoms with Crippen LogP contribution in [0.1, 0.15) is 21.7 Å². The number of thiazole rings is 1. The van der Waals surface area contributed by atoms with Crippen LogP contribution in [-0.2, 0) is 6.42 Å². The summed E-state index contributed by atoms with van der Waals surface area (Å²) in [5.41, 5.74) is 4.08. The van der Waals surface area contributed by atoms with Gasteiger partial charge in [-0.3, -0.25) is 14.8 Å². The van der Waals surface area contributed by atoms with E-state index in [2.05, 4.69) is 28.2 Å². The van der Waals surface area contributed by atoms with Gasteiger partial charge in [-0.05, 0) is 36.5 Å². The quantitative estimate of drug-likeness (QED) is 0.742. The highest BCUT2D eigenvalue weighted by atomic mass is 32.1. The number of nitrogens with zero attached hydrogens (tertiary/aromatic N) is 3. The second kappa shape index (κ2) is 6.08. The van der Waals surface area contributed by atoms with E-state index in [1.807, 2.05) is 23.2 Å². The van der Waals surface area contributed by atoms with E-state index in [0.717, 1.165) is 36.3 Å². The lowest BCUT2D eigenvalue weighted by Crippen LogP contribution is -2.28. The van der Waals surface area contributed by atoms with Crippen LogP contribution in [0.2, 0.25) is 0 Å². The number of amides is 1. The van der Waals surface area contributed by atoms with Crippen molar-refractivity contribution in [3.05, 3.63) is 58.7 Å². The summed E-state index contributed by atoms with van der Waals surface area (Å²) in [5.74, 6) is 0.632. The Bertz CT molecular complexity index is 826. The minimum absolute atomic E-state index is 0.120. The van der Waals surface area contributed by atoms with Crippen molar-refractivity contribution in [2.75, 3.05) is 13.1 Å². The molecule has 0 radical (unpaired) electrons. The second-order valence-electron chi connectivity index (χ2n) is 5.96. The SMILES string of the molecule is O=C(c1cncs1)N1CC[C@H](Cc2cccc3ncccc23)C1. The van der Waals surface area contributed by atoms with Crippen molar-refractivity contribution < 1.29 is 4.79 Å². The van der Waals surface area contributed by atoms with E-state index < -0.39 is 0 Å². The van der Waals surface area contributed by atoms with E-state index >= 15 is 0 Å². The molecule has 1 amide bonds. The molecule has 2 aromatic heterocycles. The van der Waals surface area contributed by atoms with E-state index in [1.165, 1.54) is 22.3 Å². The van der Waals surface area contributed by atoms with Gasteiger partial charge in [0.05, 0.1) is 17.2 Å². The minimum atomic E-state index is 0.120. The van der Waals surface area contributed by atoms with Gasteiger partial charge in [0.15, 0.2) is 0 Å². The van der Waals surface area contributed by atoms with Gasteiger partial charge in [-0.2, -0.15) is 0 Å². The summed E-state index contributed by atoms with van der Waals surface area (Å²) in [6, 6.07) is 10.4. The molecule has 4 nitrogen and oxygen atoms in total. The van der Waals surface area contributed by atoms with Crippen LogP contribution in [0.5, 0.6) is 0 Å². The van der Waals surface area contributed by atoms with Gasteiger partial charge in [0.25, 0.3) is 5.91 Å². The third-order valence-corrected chi connectivity index (χ3v) is 5.22.